The second-order valence-corrected chi connectivity index (χ2v) is 5.56. The SMILES string of the molecule is COc1c(N)nsc1N(C)Cc1ccc(Br)cc1. The van der Waals surface area contributed by atoms with E-state index in [9.17, 15) is 0 Å². The van der Waals surface area contributed by atoms with Gasteiger partial charge in [-0.1, -0.05) is 28.1 Å². The molecular formula is C12H14BrN3OS. The molecule has 0 atom stereocenters. The second-order valence-electron chi connectivity index (χ2n) is 3.89. The Morgan fingerprint density at radius 1 is 1.39 bits per heavy atom. The number of hydrogen-bond acceptors (Lipinski definition) is 5. The van der Waals surface area contributed by atoms with Gasteiger partial charge >= 0.3 is 0 Å². The quantitative estimate of drug-likeness (QED) is 0.937. The summed E-state index contributed by atoms with van der Waals surface area (Å²) in [6.45, 7) is 0.783. The summed E-state index contributed by atoms with van der Waals surface area (Å²) in [5.41, 5.74) is 6.96. The summed E-state index contributed by atoms with van der Waals surface area (Å²) in [4.78, 5) is 2.08. The third-order valence-corrected chi connectivity index (χ3v) is 4.03. The minimum atomic E-state index is 0.445. The van der Waals surface area contributed by atoms with E-state index in [1.54, 1.807) is 7.11 Å². The predicted molar refractivity (Wildman–Crippen MR) is 79.3 cm³/mol. The zero-order valence-electron chi connectivity index (χ0n) is 10.2. The summed E-state index contributed by atoms with van der Waals surface area (Å²) in [7, 11) is 3.61. The number of halogens is 1. The molecule has 0 amide bonds. The zero-order chi connectivity index (χ0) is 13.1. The summed E-state index contributed by atoms with van der Waals surface area (Å²) in [5, 5.41) is 0.943. The van der Waals surface area contributed by atoms with Crippen LogP contribution in [0.2, 0.25) is 0 Å². The smallest absolute Gasteiger partial charge is 0.197 e. The molecule has 0 spiro atoms. The van der Waals surface area contributed by atoms with Gasteiger partial charge in [-0.25, -0.2) is 0 Å². The predicted octanol–water partition coefficient (Wildman–Crippen LogP) is 3.13. The number of methoxy groups -OCH3 is 1. The lowest BCUT2D eigenvalue weighted by Crippen LogP contribution is -2.15. The molecule has 0 radical (unpaired) electrons. The van der Waals surface area contributed by atoms with Gasteiger partial charge in [-0.05, 0) is 29.2 Å². The molecule has 18 heavy (non-hydrogen) atoms. The average Bonchev–Trinajstić information content (AvgIpc) is 2.73. The molecule has 1 aromatic carbocycles. The highest BCUT2D eigenvalue weighted by Gasteiger charge is 2.15. The maximum Gasteiger partial charge on any atom is 0.197 e. The molecule has 2 aromatic rings. The largest absolute Gasteiger partial charge is 0.490 e. The van der Waals surface area contributed by atoms with Crippen molar-refractivity contribution in [2.24, 2.45) is 0 Å². The van der Waals surface area contributed by atoms with Crippen molar-refractivity contribution >= 4 is 38.3 Å². The van der Waals surface area contributed by atoms with Crippen LogP contribution in [0.1, 0.15) is 5.56 Å². The van der Waals surface area contributed by atoms with E-state index in [-0.39, 0.29) is 0 Å². The minimum absolute atomic E-state index is 0.445. The molecule has 0 aliphatic carbocycles. The highest BCUT2D eigenvalue weighted by Crippen LogP contribution is 2.37. The van der Waals surface area contributed by atoms with Crippen LogP contribution in [-0.2, 0) is 6.54 Å². The summed E-state index contributed by atoms with van der Waals surface area (Å²) >= 11 is 4.77. The fourth-order valence-corrected chi connectivity index (χ4v) is 2.66. The number of nitrogen functional groups attached to an aromatic ring is 1. The molecule has 4 nitrogen and oxygen atoms in total. The first kappa shape index (κ1) is 13.2. The molecule has 1 aromatic heterocycles. The van der Waals surface area contributed by atoms with E-state index < -0.39 is 0 Å². The van der Waals surface area contributed by atoms with Crippen LogP contribution in [0.3, 0.4) is 0 Å². The van der Waals surface area contributed by atoms with E-state index in [2.05, 4.69) is 37.3 Å². The Labute approximate surface area is 119 Å². The molecule has 0 aliphatic rings. The maximum atomic E-state index is 5.74. The number of ether oxygens (including phenoxy) is 1. The number of nitrogens with zero attached hydrogens (tertiary/aromatic N) is 2. The van der Waals surface area contributed by atoms with Gasteiger partial charge in [0.25, 0.3) is 0 Å². The van der Waals surface area contributed by atoms with Crippen molar-refractivity contribution in [3.63, 3.8) is 0 Å². The van der Waals surface area contributed by atoms with E-state index in [1.807, 2.05) is 19.2 Å². The Kier molecular flexibility index (Phi) is 4.08. The number of nitrogens with two attached hydrogens (primary N) is 1. The molecule has 0 unspecified atom stereocenters. The van der Waals surface area contributed by atoms with Crippen LogP contribution in [0.15, 0.2) is 28.7 Å². The molecular weight excluding hydrogens is 314 g/mol. The van der Waals surface area contributed by atoms with Gasteiger partial charge in [0.15, 0.2) is 16.6 Å². The van der Waals surface area contributed by atoms with Crippen LogP contribution in [-0.4, -0.2) is 18.5 Å². The first-order chi connectivity index (χ1) is 8.61. The van der Waals surface area contributed by atoms with Gasteiger partial charge in [-0.15, -0.1) is 0 Å². The van der Waals surface area contributed by atoms with Crippen molar-refractivity contribution in [3.8, 4) is 5.75 Å². The van der Waals surface area contributed by atoms with E-state index in [0.29, 0.717) is 11.6 Å². The van der Waals surface area contributed by atoms with E-state index in [1.165, 1.54) is 17.1 Å². The Hall–Kier alpha value is -1.27. The van der Waals surface area contributed by atoms with E-state index in [4.69, 9.17) is 10.5 Å². The molecule has 2 N–H and O–H groups in total. The number of anilines is 2. The van der Waals surface area contributed by atoms with Crippen molar-refractivity contribution in [2.45, 2.75) is 6.54 Å². The van der Waals surface area contributed by atoms with Gasteiger partial charge in [-0.2, -0.15) is 4.37 Å². The van der Waals surface area contributed by atoms with Crippen molar-refractivity contribution in [2.75, 3.05) is 24.8 Å². The molecule has 0 aliphatic heterocycles. The lowest BCUT2D eigenvalue weighted by Gasteiger charge is -2.18. The highest BCUT2D eigenvalue weighted by atomic mass is 79.9. The van der Waals surface area contributed by atoms with E-state index >= 15 is 0 Å². The van der Waals surface area contributed by atoms with Crippen LogP contribution in [0, 0.1) is 0 Å². The van der Waals surface area contributed by atoms with Crippen molar-refractivity contribution < 1.29 is 4.74 Å². The molecule has 0 saturated carbocycles. The van der Waals surface area contributed by atoms with Crippen molar-refractivity contribution in [1.82, 2.24) is 4.37 Å². The fourth-order valence-electron chi connectivity index (χ4n) is 1.66. The number of rotatable bonds is 4. The van der Waals surface area contributed by atoms with Gasteiger partial charge in [0, 0.05) is 18.1 Å². The van der Waals surface area contributed by atoms with Crippen LogP contribution in [0.5, 0.6) is 5.75 Å². The van der Waals surface area contributed by atoms with Crippen LogP contribution in [0.4, 0.5) is 10.8 Å². The van der Waals surface area contributed by atoms with Gasteiger partial charge in [0.1, 0.15) is 0 Å². The lowest BCUT2D eigenvalue weighted by molar-refractivity contribution is 0.418. The number of hydrogen-bond donors (Lipinski definition) is 1. The normalized spacial score (nSPS) is 10.4. The summed E-state index contributed by atoms with van der Waals surface area (Å²) in [6.07, 6.45) is 0. The Bertz CT molecular complexity index is 527. The van der Waals surface area contributed by atoms with Crippen molar-refractivity contribution in [3.05, 3.63) is 34.3 Å². The minimum Gasteiger partial charge on any atom is -0.490 e. The highest BCUT2D eigenvalue weighted by molar-refractivity contribution is 9.10. The maximum absolute atomic E-state index is 5.74. The monoisotopic (exact) mass is 327 g/mol. The molecule has 96 valence electrons. The molecule has 0 saturated heterocycles. The van der Waals surface area contributed by atoms with E-state index in [0.717, 1.165) is 16.0 Å². The summed E-state index contributed by atoms with van der Waals surface area (Å²) in [6, 6.07) is 8.22. The molecule has 6 heteroatoms. The second kappa shape index (κ2) is 5.58. The fraction of sp³-hybridized carbons (Fsp3) is 0.250. The Balaban J connectivity index is 2.16. The molecule has 2 rings (SSSR count). The first-order valence-corrected chi connectivity index (χ1v) is 6.93. The Morgan fingerprint density at radius 2 is 2.06 bits per heavy atom. The van der Waals surface area contributed by atoms with Crippen molar-refractivity contribution in [1.29, 1.82) is 0 Å². The molecule has 0 bridgehead atoms. The summed E-state index contributed by atoms with van der Waals surface area (Å²) in [5.74, 6) is 1.10. The van der Waals surface area contributed by atoms with Gasteiger partial charge < -0.3 is 15.4 Å². The van der Waals surface area contributed by atoms with Crippen LogP contribution >= 0.6 is 27.5 Å². The van der Waals surface area contributed by atoms with Crippen LogP contribution in [0.25, 0.3) is 0 Å². The third-order valence-electron chi connectivity index (χ3n) is 2.54. The molecule has 1 heterocycles. The van der Waals surface area contributed by atoms with Gasteiger partial charge in [0.2, 0.25) is 0 Å². The third kappa shape index (κ3) is 2.76. The zero-order valence-corrected chi connectivity index (χ0v) is 12.6. The average molecular weight is 328 g/mol. The first-order valence-electron chi connectivity index (χ1n) is 5.36. The number of aromatic nitrogens is 1. The van der Waals surface area contributed by atoms with Gasteiger partial charge in [-0.3, -0.25) is 0 Å². The molecule has 0 fully saturated rings. The topological polar surface area (TPSA) is 51.4 Å². The Morgan fingerprint density at radius 3 is 2.67 bits per heavy atom. The van der Waals surface area contributed by atoms with Gasteiger partial charge in [0.05, 0.1) is 7.11 Å². The standard InChI is InChI=1S/C12H14BrN3OS/c1-16(7-8-3-5-9(13)6-4-8)12-10(17-2)11(14)15-18-12/h3-6H,7H2,1-2H3,(H2,14,15). The van der Waals surface area contributed by atoms with Crippen LogP contribution < -0.4 is 15.4 Å². The lowest BCUT2D eigenvalue weighted by atomic mass is 10.2. The summed E-state index contributed by atoms with van der Waals surface area (Å²) < 4.78 is 10.5. The number of benzene rings is 1.